The third kappa shape index (κ3) is 3.58. The zero-order chi connectivity index (χ0) is 11.3. The van der Waals surface area contributed by atoms with E-state index in [2.05, 4.69) is 19.1 Å². The van der Waals surface area contributed by atoms with Gasteiger partial charge in [-0.05, 0) is 30.9 Å². The molecule has 1 rings (SSSR count). The molecule has 2 nitrogen and oxygen atoms in total. The maximum absolute atomic E-state index is 10.6. The number of carboxylic acid groups (broad SMARTS) is 1. The lowest BCUT2D eigenvalue weighted by Crippen LogP contribution is -1.96. The molecule has 0 saturated carbocycles. The van der Waals surface area contributed by atoms with Gasteiger partial charge in [0.05, 0.1) is 0 Å². The van der Waals surface area contributed by atoms with Crippen molar-refractivity contribution in [3.05, 3.63) is 47.0 Å². The predicted octanol–water partition coefficient (Wildman–Crippen LogP) is 2.82. The van der Waals surface area contributed by atoms with Crippen LogP contribution in [0.2, 0.25) is 0 Å². The SMILES string of the molecule is CCc1ccc(CC=C(C)C(=O)O)cc1. The van der Waals surface area contributed by atoms with E-state index in [1.807, 2.05) is 12.1 Å². The molecule has 0 unspecified atom stereocenters. The number of benzene rings is 1. The first kappa shape index (κ1) is 11.5. The topological polar surface area (TPSA) is 37.3 Å². The van der Waals surface area contributed by atoms with Gasteiger partial charge in [-0.2, -0.15) is 0 Å². The second-order valence-electron chi connectivity index (χ2n) is 3.57. The van der Waals surface area contributed by atoms with E-state index in [9.17, 15) is 4.79 Å². The van der Waals surface area contributed by atoms with Crippen molar-refractivity contribution in [1.29, 1.82) is 0 Å². The van der Waals surface area contributed by atoms with Gasteiger partial charge in [-0.25, -0.2) is 4.79 Å². The fourth-order valence-corrected chi connectivity index (χ4v) is 1.27. The zero-order valence-electron chi connectivity index (χ0n) is 9.16. The van der Waals surface area contributed by atoms with Gasteiger partial charge in [-0.15, -0.1) is 0 Å². The second-order valence-corrected chi connectivity index (χ2v) is 3.57. The van der Waals surface area contributed by atoms with Gasteiger partial charge in [0.15, 0.2) is 0 Å². The van der Waals surface area contributed by atoms with Crippen molar-refractivity contribution in [2.45, 2.75) is 26.7 Å². The van der Waals surface area contributed by atoms with Crippen LogP contribution in [0.3, 0.4) is 0 Å². The molecule has 0 fully saturated rings. The van der Waals surface area contributed by atoms with E-state index in [1.165, 1.54) is 5.56 Å². The fourth-order valence-electron chi connectivity index (χ4n) is 1.27. The first-order valence-electron chi connectivity index (χ1n) is 5.11. The van der Waals surface area contributed by atoms with Crippen LogP contribution < -0.4 is 0 Å². The molecule has 1 aromatic carbocycles. The number of hydrogen-bond donors (Lipinski definition) is 1. The van der Waals surface area contributed by atoms with Gasteiger partial charge in [0.1, 0.15) is 0 Å². The lowest BCUT2D eigenvalue weighted by molar-refractivity contribution is -0.132. The molecule has 0 radical (unpaired) electrons. The van der Waals surface area contributed by atoms with Crippen LogP contribution in [0, 0.1) is 0 Å². The molecular weight excluding hydrogens is 188 g/mol. The fraction of sp³-hybridized carbons (Fsp3) is 0.308. The molecule has 15 heavy (non-hydrogen) atoms. The number of aliphatic carboxylic acids is 1. The average molecular weight is 204 g/mol. The van der Waals surface area contributed by atoms with Gasteiger partial charge in [-0.3, -0.25) is 0 Å². The molecule has 0 aliphatic rings. The number of carboxylic acids is 1. The number of hydrogen-bond acceptors (Lipinski definition) is 1. The normalized spacial score (nSPS) is 11.5. The molecule has 0 heterocycles. The first-order valence-corrected chi connectivity index (χ1v) is 5.11. The molecule has 1 N–H and O–H groups in total. The number of rotatable bonds is 4. The molecule has 0 aliphatic heterocycles. The minimum Gasteiger partial charge on any atom is -0.478 e. The molecule has 0 amide bonds. The Morgan fingerprint density at radius 2 is 1.80 bits per heavy atom. The van der Waals surface area contributed by atoms with E-state index < -0.39 is 5.97 Å². The molecule has 1 aromatic rings. The van der Waals surface area contributed by atoms with E-state index in [1.54, 1.807) is 13.0 Å². The van der Waals surface area contributed by atoms with Crippen LogP contribution in [0.4, 0.5) is 0 Å². The maximum Gasteiger partial charge on any atom is 0.330 e. The number of allylic oxidation sites excluding steroid dienone is 1. The third-order valence-electron chi connectivity index (χ3n) is 2.41. The average Bonchev–Trinajstić information content (AvgIpc) is 2.26. The molecule has 2 heteroatoms. The molecule has 0 saturated heterocycles. The Kier molecular flexibility index (Phi) is 4.10. The number of carbonyl (C=O) groups is 1. The lowest BCUT2D eigenvalue weighted by Gasteiger charge is -2.00. The van der Waals surface area contributed by atoms with Crippen LogP contribution in [0.1, 0.15) is 25.0 Å². The molecule has 0 spiro atoms. The summed E-state index contributed by atoms with van der Waals surface area (Å²) in [6, 6.07) is 8.26. The summed E-state index contributed by atoms with van der Waals surface area (Å²) in [7, 11) is 0. The van der Waals surface area contributed by atoms with Gasteiger partial charge in [0.25, 0.3) is 0 Å². The third-order valence-corrected chi connectivity index (χ3v) is 2.41. The highest BCUT2D eigenvalue weighted by Crippen LogP contribution is 2.07. The summed E-state index contributed by atoms with van der Waals surface area (Å²) in [5.41, 5.74) is 2.85. The van der Waals surface area contributed by atoms with Gasteiger partial charge in [-0.1, -0.05) is 37.3 Å². The molecule has 0 bridgehead atoms. The molecule has 0 atom stereocenters. The van der Waals surface area contributed by atoms with Crippen LogP contribution in [-0.2, 0) is 17.6 Å². The Labute approximate surface area is 90.3 Å². The first-order chi connectivity index (χ1) is 7.13. The monoisotopic (exact) mass is 204 g/mol. The van der Waals surface area contributed by atoms with E-state index in [4.69, 9.17) is 5.11 Å². The van der Waals surface area contributed by atoms with Gasteiger partial charge >= 0.3 is 5.97 Å². The Bertz CT molecular complexity index is 361. The summed E-state index contributed by atoms with van der Waals surface area (Å²) < 4.78 is 0. The predicted molar refractivity (Wildman–Crippen MR) is 60.9 cm³/mol. The largest absolute Gasteiger partial charge is 0.478 e. The van der Waals surface area contributed by atoms with Crippen LogP contribution in [0.5, 0.6) is 0 Å². The molecule has 0 aliphatic carbocycles. The highest BCUT2D eigenvalue weighted by Gasteiger charge is 1.98. The highest BCUT2D eigenvalue weighted by atomic mass is 16.4. The summed E-state index contributed by atoms with van der Waals surface area (Å²) in [5.74, 6) is -0.847. The zero-order valence-corrected chi connectivity index (χ0v) is 9.16. The minimum atomic E-state index is -0.847. The Balaban J connectivity index is 2.66. The van der Waals surface area contributed by atoms with Crippen molar-refractivity contribution in [2.24, 2.45) is 0 Å². The van der Waals surface area contributed by atoms with Crippen molar-refractivity contribution in [3.8, 4) is 0 Å². The second kappa shape index (κ2) is 5.35. The standard InChI is InChI=1S/C13H16O2/c1-3-11-6-8-12(9-7-11)5-4-10(2)13(14)15/h4,6-9H,3,5H2,1-2H3,(H,14,15). The van der Waals surface area contributed by atoms with Gasteiger partial charge < -0.3 is 5.11 Å². The van der Waals surface area contributed by atoms with Crippen molar-refractivity contribution in [3.63, 3.8) is 0 Å². The number of aryl methyl sites for hydroxylation is 1. The van der Waals surface area contributed by atoms with Crippen LogP contribution in [0.15, 0.2) is 35.9 Å². The van der Waals surface area contributed by atoms with Gasteiger partial charge in [0, 0.05) is 5.57 Å². The van der Waals surface area contributed by atoms with Crippen LogP contribution in [0.25, 0.3) is 0 Å². The van der Waals surface area contributed by atoms with Crippen LogP contribution in [-0.4, -0.2) is 11.1 Å². The summed E-state index contributed by atoms with van der Waals surface area (Å²) in [6.07, 6.45) is 3.45. The van der Waals surface area contributed by atoms with E-state index in [0.717, 1.165) is 12.0 Å². The Morgan fingerprint density at radius 3 is 2.27 bits per heavy atom. The van der Waals surface area contributed by atoms with E-state index >= 15 is 0 Å². The lowest BCUT2D eigenvalue weighted by atomic mass is 10.1. The van der Waals surface area contributed by atoms with E-state index in [-0.39, 0.29) is 0 Å². The Hall–Kier alpha value is -1.57. The minimum absolute atomic E-state index is 0.398. The summed E-state index contributed by atoms with van der Waals surface area (Å²) in [5, 5.41) is 8.67. The molecule has 0 aromatic heterocycles. The van der Waals surface area contributed by atoms with Crippen molar-refractivity contribution >= 4 is 5.97 Å². The Morgan fingerprint density at radius 1 is 1.27 bits per heavy atom. The smallest absolute Gasteiger partial charge is 0.330 e. The van der Waals surface area contributed by atoms with Gasteiger partial charge in [0.2, 0.25) is 0 Å². The van der Waals surface area contributed by atoms with Crippen molar-refractivity contribution in [2.75, 3.05) is 0 Å². The molecule has 80 valence electrons. The van der Waals surface area contributed by atoms with Crippen LogP contribution >= 0.6 is 0 Å². The van der Waals surface area contributed by atoms with Crippen molar-refractivity contribution < 1.29 is 9.90 Å². The maximum atomic E-state index is 10.6. The summed E-state index contributed by atoms with van der Waals surface area (Å²) in [6.45, 7) is 3.73. The quantitative estimate of drug-likeness (QED) is 0.766. The summed E-state index contributed by atoms with van der Waals surface area (Å²) >= 11 is 0. The summed E-state index contributed by atoms with van der Waals surface area (Å²) in [4.78, 5) is 10.6. The highest BCUT2D eigenvalue weighted by molar-refractivity contribution is 5.85. The molecular formula is C13H16O2. The van der Waals surface area contributed by atoms with E-state index in [0.29, 0.717) is 12.0 Å². The van der Waals surface area contributed by atoms with Crippen molar-refractivity contribution in [1.82, 2.24) is 0 Å².